The lowest BCUT2D eigenvalue weighted by Crippen LogP contribution is -2.41. The van der Waals surface area contributed by atoms with Gasteiger partial charge < -0.3 is 9.47 Å². The van der Waals surface area contributed by atoms with Crippen LogP contribution in [-0.4, -0.2) is 33.4 Å². The van der Waals surface area contributed by atoms with Gasteiger partial charge in [0, 0.05) is 19.6 Å². The van der Waals surface area contributed by atoms with Gasteiger partial charge in [-0.25, -0.2) is 4.98 Å². The Morgan fingerprint density at radius 2 is 1.79 bits per heavy atom. The van der Waals surface area contributed by atoms with Crippen molar-refractivity contribution in [3.05, 3.63) is 65.5 Å². The second-order valence-electron chi connectivity index (χ2n) is 8.46. The zero-order valence-corrected chi connectivity index (χ0v) is 17.8. The first-order valence-electron chi connectivity index (χ1n) is 10.8. The summed E-state index contributed by atoms with van der Waals surface area (Å²) in [5, 5.41) is 0. The van der Waals surface area contributed by atoms with Gasteiger partial charge in [0.1, 0.15) is 0 Å². The minimum Gasteiger partial charge on any atom is -0.342 e. The first-order valence-corrected chi connectivity index (χ1v) is 10.8. The zero-order valence-electron chi connectivity index (χ0n) is 17.8. The molecule has 4 rings (SSSR count). The Morgan fingerprint density at radius 1 is 1.10 bits per heavy atom. The van der Waals surface area contributed by atoms with Gasteiger partial charge in [0.2, 0.25) is 5.91 Å². The minimum absolute atomic E-state index is 0.0171. The van der Waals surface area contributed by atoms with E-state index in [1.165, 1.54) is 16.6 Å². The van der Waals surface area contributed by atoms with Gasteiger partial charge in [-0.15, -0.1) is 0 Å². The molecule has 1 unspecified atom stereocenters. The molecule has 3 aromatic rings. The standard InChI is InChI=1S/C25H31N3O/c1-4-22(21-8-6-5-7-9-21)25(29)27-12-10-20(11-13-27)16-28-17-26-23-14-18(2)19(3)15-24(23)28/h5-9,14-15,17,20,22H,4,10-13,16H2,1-3H3. The van der Waals surface area contributed by atoms with Crippen LogP contribution in [0.3, 0.4) is 0 Å². The monoisotopic (exact) mass is 389 g/mol. The van der Waals surface area contributed by atoms with Gasteiger partial charge in [0.15, 0.2) is 0 Å². The van der Waals surface area contributed by atoms with Crippen molar-refractivity contribution >= 4 is 16.9 Å². The number of amides is 1. The fourth-order valence-corrected chi connectivity index (χ4v) is 4.53. The number of benzene rings is 2. The maximum atomic E-state index is 13.1. The van der Waals surface area contributed by atoms with E-state index in [0.29, 0.717) is 5.92 Å². The smallest absolute Gasteiger partial charge is 0.230 e. The van der Waals surface area contributed by atoms with Gasteiger partial charge in [-0.05, 0) is 67.9 Å². The highest BCUT2D eigenvalue weighted by molar-refractivity contribution is 5.83. The van der Waals surface area contributed by atoms with Crippen molar-refractivity contribution in [1.82, 2.24) is 14.5 Å². The quantitative estimate of drug-likeness (QED) is 0.610. The van der Waals surface area contributed by atoms with E-state index in [1.54, 1.807) is 0 Å². The fourth-order valence-electron chi connectivity index (χ4n) is 4.53. The van der Waals surface area contributed by atoms with Crippen LogP contribution in [0.25, 0.3) is 11.0 Å². The van der Waals surface area contributed by atoms with Crippen molar-refractivity contribution in [1.29, 1.82) is 0 Å². The average Bonchev–Trinajstić information content (AvgIpc) is 3.11. The maximum absolute atomic E-state index is 13.1. The number of aromatic nitrogens is 2. The van der Waals surface area contributed by atoms with Crippen LogP contribution in [0.2, 0.25) is 0 Å². The van der Waals surface area contributed by atoms with Crippen molar-refractivity contribution in [3.8, 4) is 0 Å². The van der Waals surface area contributed by atoms with Crippen molar-refractivity contribution in [2.24, 2.45) is 5.92 Å². The van der Waals surface area contributed by atoms with E-state index in [0.717, 1.165) is 50.0 Å². The van der Waals surface area contributed by atoms with Crippen LogP contribution in [0, 0.1) is 19.8 Å². The molecule has 1 fully saturated rings. The Labute approximate surface area is 173 Å². The number of likely N-dealkylation sites (tertiary alicyclic amines) is 1. The number of imidazole rings is 1. The van der Waals surface area contributed by atoms with Crippen molar-refractivity contribution in [2.45, 2.75) is 52.5 Å². The lowest BCUT2D eigenvalue weighted by Gasteiger charge is -2.34. The summed E-state index contributed by atoms with van der Waals surface area (Å²) >= 11 is 0. The Kier molecular flexibility index (Phi) is 5.70. The van der Waals surface area contributed by atoms with E-state index >= 15 is 0 Å². The van der Waals surface area contributed by atoms with E-state index in [9.17, 15) is 4.79 Å². The molecule has 1 atom stereocenters. The van der Waals surface area contributed by atoms with Gasteiger partial charge >= 0.3 is 0 Å². The molecule has 152 valence electrons. The summed E-state index contributed by atoms with van der Waals surface area (Å²) in [4.78, 5) is 19.8. The summed E-state index contributed by atoms with van der Waals surface area (Å²) in [5.41, 5.74) is 6.04. The second-order valence-corrected chi connectivity index (χ2v) is 8.46. The number of rotatable bonds is 5. The molecule has 1 aliphatic heterocycles. The van der Waals surface area contributed by atoms with E-state index in [1.807, 2.05) is 24.5 Å². The second kappa shape index (κ2) is 8.40. The van der Waals surface area contributed by atoms with Crippen molar-refractivity contribution in [3.63, 3.8) is 0 Å². The number of carbonyl (C=O) groups excluding carboxylic acids is 1. The third-order valence-electron chi connectivity index (χ3n) is 6.53. The van der Waals surface area contributed by atoms with Crippen molar-refractivity contribution in [2.75, 3.05) is 13.1 Å². The molecule has 2 heterocycles. The Hall–Kier alpha value is -2.62. The minimum atomic E-state index is -0.0171. The maximum Gasteiger partial charge on any atom is 0.230 e. The summed E-state index contributed by atoms with van der Waals surface area (Å²) in [7, 11) is 0. The molecular formula is C25H31N3O. The van der Waals surface area contributed by atoms with Crippen LogP contribution in [0.1, 0.15) is 48.8 Å². The molecule has 0 saturated carbocycles. The summed E-state index contributed by atoms with van der Waals surface area (Å²) in [6.45, 7) is 9.11. The Bertz CT molecular complexity index is 984. The normalized spacial score (nSPS) is 16.3. The van der Waals surface area contributed by atoms with E-state index in [-0.39, 0.29) is 11.8 Å². The molecule has 0 spiro atoms. The number of carbonyl (C=O) groups is 1. The van der Waals surface area contributed by atoms with Crippen LogP contribution in [0.4, 0.5) is 0 Å². The predicted molar refractivity (Wildman–Crippen MR) is 118 cm³/mol. The summed E-state index contributed by atoms with van der Waals surface area (Å²) in [6, 6.07) is 14.6. The average molecular weight is 390 g/mol. The van der Waals surface area contributed by atoms with E-state index < -0.39 is 0 Å². The number of nitrogens with zero attached hydrogens (tertiary/aromatic N) is 3. The van der Waals surface area contributed by atoms with Crippen LogP contribution >= 0.6 is 0 Å². The van der Waals surface area contributed by atoms with Crippen LogP contribution in [0.15, 0.2) is 48.8 Å². The number of fused-ring (bicyclic) bond motifs is 1. The molecule has 1 aliphatic rings. The first-order chi connectivity index (χ1) is 14.1. The molecule has 0 N–H and O–H groups in total. The predicted octanol–water partition coefficient (Wildman–Crippen LogP) is 5.09. The summed E-state index contributed by atoms with van der Waals surface area (Å²) in [5.74, 6) is 0.864. The highest BCUT2D eigenvalue weighted by Gasteiger charge is 2.28. The third kappa shape index (κ3) is 4.07. The molecule has 1 aromatic heterocycles. The molecule has 2 aromatic carbocycles. The molecule has 0 aliphatic carbocycles. The SMILES string of the molecule is CCC(C(=O)N1CCC(Cn2cnc3cc(C)c(C)cc32)CC1)c1ccccc1. The fraction of sp³-hybridized carbons (Fsp3) is 0.440. The zero-order chi connectivity index (χ0) is 20.4. The molecule has 29 heavy (non-hydrogen) atoms. The molecular weight excluding hydrogens is 358 g/mol. The highest BCUT2D eigenvalue weighted by atomic mass is 16.2. The van der Waals surface area contributed by atoms with Gasteiger partial charge in [-0.1, -0.05) is 37.3 Å². The van der Waals surface area contributed by atoms with Crippen LogP contribution < -0.4 is 0 Å². The number of piperidine rings is 1. The lowest BCUT2D eigenvalue weighted by molar-refractivity contribution is -0.134. The van der Waals surface area contributed by atoms with Crippen molar-refractivity contribution < 1.29 is 4.79 Å². The van der Waals surface area contributed by atoms with Crippen LogP contribution in [0.5, 0.6) is 0 Å². The van der Waals surface area contributed by atoms with Gasteiger partial charge in [-0.2, -0.15) is 0 Å². The van der Waals surface area contributed by atoms with Gasteiger partial charge in [0.25, 0.3) is 0 Å². The Balaban J connectivity index is 1.39. The molecule has 1 saturated heterocycles. The molecule has 4 nitrogen and oxygen atoms in total. The topological polar surface area (TPSA) is 38.1 Å². The molecule has 4 heteroatoms. The van der Waals surface area contributed by atoms with E-state index in [4.69, 9.17) is 0 Å². The molecule has 0 radical (unpaired) electrons. The summed E-state index contributed by atoms with van der Waals surface area (Å²) < 4.78 is 2.29. The number of aryl methyl sites for hydroxylation is 2. The van der Waals surface area contributed by atoms with Gasteiger partial charge in [0.05, 0.1) is 23.3 Å². The third-order valence-corrected chi connectivity index (χ3v) is 6.53. The van der Waals surface area contributed by atoms with Gasteiger partial charge in [-0.3, -0.25) is 4.79 Å². The molecule has 1 amide bonds. The number of hydrogen-bond donors (Lipinski definition) is 0. The Morgan fingerprint density at radius 3 is 2.48 bits per heavy atom. The number of hydrogen-bond acceptors (Lipinski definition) is 2. The highest BCUT2D eigenvalue weighted by Crippen LogP contribution is 2.27. The largest absolute Gasteiger partial charge is 0.342 e. The van der Waals surface area contributed by atoms with E-state index in [2.05, 4.69) is 59.5 Å². The first kappa shape index (κ1) is 19.7. The molecule has 0 bridgehead atoms. The van der Waals surface area contributed by atoms with Crippen LogP contribution in [-0.2, 0) is 11.3 Å². The lowest BCUT2D eigenvalue weighted by atomic mass is 9.92. The summed E-state index contributed by atoms with van der Waals surface area (Å²) in [6.07, 6.45) is 4.94.